The number of hydrogen-bond donors (Lipinski definition) is 0. The number of benzene rings is 2. The predicted octanol–water partition coefficient (Wildman–Crippen LogP) is 7.01. The standard InChI is InChI=1S/C27H21BrFN3O5S/c1-17-14-19(9-11-27(17,2)38(35,36)31-13-10-18-4-3-12-30-26(18)31)22-16-21(32(33)34)6-8-24(22)37-25-7-5-20(28)15-23(25)29/h3-10,12-16H,11H2,1-2H3. The van der Waals surface area contributed by atoms with E-state index in [0.717, 1.165) is 0 Å². The zero-order valence-electron chi connectivity index (χ0n) is 20.3. The van der Waals surface area contributed by atoms with Gasteiger partial charge in [-0.2, -0.15) is 0 Å². The van der Waals surface area contributed by atoms with Crippen molar-refractivity contribution in [2.24, 2.45) is 0 Å². The van der Waals surface area contributed by atoms with E-state index in [1.165, 1.54) is 46.7 Å². The lowest BCUT2D eigenvalue weighted by atomic mass is 9.87. The Labute approximate surface area is 226 Å². The van der Waals surface area contributed by atoms with Crippen LogP contribution in [0.4, 0.5) is 10.1 Å². The Hall–Kier alpha value is -3.83. The van der Waals surface area contributed by atoms with Crippen LogP contribution < -0.4 is 4.74 Å². The average Bonchev–Trinajstić information content (AvgIpc) is 3.32. The molecule has 0 N–H and O–H groups in total. The van der Waals surface area contributed by atoms with Gasteiger partial charge in [-0.1, -0.05) is 28.1 Å². The number of fused-ring (bicyclic) bond motifs is 1. The van der Waals surface area contributed by atoms with Gasteiger partial charge in [-0.25, -0.2) is 21.8 Å². The number of aromatic nitrogens is 2. The minimum absolute atomic E-state index is 0.0557. The molecule has 0 saturated carbocycles. The summed E-state index contributed by atoms with van der Waals surface area (Å²) in [6.45, 7) is 3.34. The van der Waals surface area contributed by atoms with Gasteiger partial charge in [-0.05, 0) is 73.9 Å². The molecule has 1 aliphatic carbocycles. The van der Waals surface area contributed by atoms with Gasteiger partial charge >= 0.3 is 0 Å². The van der Waals surface area contributed by atoms with E-state index >= 15 is 0 Å². The molecule has 8 nitrogen and oxygen atoms in total. The number of non-ortho nitro benzene ring substituents is 1. The first-order valence-electron chi connectivity index (χ1n) is 11.5. The molecule has 2 aromatic heterocycles. The van der Waals surface area contributed by atoms with Crippen molar-refractivity contribution in [3.05, 3.63) is 111 Å². The zero-order chi connectivity index (χ0) is 27.2. The second-order valence-corrected chi connectivity index (χ2v) is 12.2. The molecule has 194 valence electrons. The van der Waals surface area contributed by atoms with Gasteiger partial charge in [0.1, 0.15) is 10.5 Å². The molecule has 38 heavy (non-hydrogen) atoms. The number of halogens is 2. The lowest BCUT2D eigenvalue weighted by molar-refractivity contribution is -0.384. The maximum absolute atomic E-state index is 14.5. The Bertz CT molecular complexity index is 1780. The quantitative estimate of drug-likeness (QED) is 0.175. The lowest BCUT2D eigenvalue weighted by Crippen LogP contribution is -2.41. The molecule has 0 fully saturated rings. The minimum Gasteiger partial charge on any atom is -0.454 e. The summed E-state index contributed by atoms with van der Waals surface area (Å²) in [5.41, 5.74) is 1.55. The molecule has 1 aliphatic rings. The third-order valence-corrected chi connectivity index (χ3v) is 9.69. The van der Waals surface area contributed by atoms with Crippen LogP contribution in [0.25, 0.3) is 16.6 Å². The van der Waals surface area contributed by atoms with Crippen molar-refractivity contribution in [2.45, 2.75) is 25.0 Å². The number of nitro groups is 1. The first-order chi connectivity index (χ1) is 18.0. The Kier molecular flexibility index (Phi) is 6.44. The van der Waals surface area contributed by atoms with Gasteiger partial charge < -0.3 is 4.74 Å². The molecule has 11 heteroatoms. The van der Waals surface area contributed by atoms with E-state index in [1.54, 1.807) is 50.3 Å². The number of allylic oxidation sites excluding steroid dienone is 3. The summed E-state index contributed by atoms with van der Waals surface area (Å²) >= 11 is 3.20. The summed E-state index contributed by atoms with van der Waals surface area (Å²) in [6.07, 6.45) is 6.49. The average molecular weight is 598 g/mol. The second-order valence-electron chi connectivity index (χ2n) is 9.07. The first-order valence-corrected chi connectivity index (χ1v) is 13.7. The molecular formula is C27H21BrFN3O5S. The maximum Gasteiger partial charge on any atom is 0.270 e. The van der Waals surface area contributed by atoms with Gasteiger partial charge in [-0.3, -0.25) is 10.1 Å². The molecule has 2 aromatic carbocycles. The van der Waals surface area contributed by atoms with Gasteiger partial charge in [0.25, 0.3) is 5.69 Å². The van der Waals surface area contributed by atoms with Crippen LogP contribution in [0.5, 0.6) is 11.5 Å². The summed E-state index contributed by atoms with van der Waals surface area (Å²) in [7, 11) is -3.94. The van der Waals surface area contributed by atoms with E-state index in [-0.39, 0.29) is 23.6 Å². The summed E-state index contributed by atoms with van der Waals surface area (Å²) in [6, 6.07) is 13.5. The third kappa shape index (κ3) is 4.31. The summed E-state index contributed by atoms with van der Waals surface area (Å²) in [5, 5.41) is 12.2. The minimum atomic E-state index is -3.94. The number of rotatable bonds is 6. The number of ether oxygens (including phenoxy) is 1. The molecule has 1 unspecified atom stereocenters. The van der Waals surface area contributed by atoms with E-state index in [2.05, 4.69) is 20.9 Å². The molecule has 0 aliphatic heterocycles. The highest BCUT2D eigenvalue weighted by molar-refractivity contribution is 9.10. The highest BCUT2D eigenvalue weighted by Gasteiger charge is 2.43. The molecule has 0 radical (unpaired) electrons. The Morgan fingerprint density at radius 1 is 1.16 bits per heavy atom. The summed E-state index contributed by atoms with van der Waals surface area (Å²) in [5.74, 6) is -0.474. The van der Waals surface area contributed by atoms with E-state index in [1.807, 2.05) is 0 Å². The van der Waals surface area contributed by atoms with Crippen molar-refractivity contribution in [2.75, 3.05) is 0 Å². The van der Waals surface area contributed by atoms with E-state index < -0.39 is 25.5 Å². The van der Waals surface area contributed by atoms with Crippen LogP contribution in [-0.4, -0.2) is 27.0 Å². The van der Waals surface area contributed by atoms with Crippen LogP contribution in [0.3, 0.4) is 0 Å². The summed E-state index contributed by atoms with van der Waals surface area (Å²) < 4.78 is 48.4. The monoisotopic (exact) mass is 597 g/mol. The van der Waals surface area contributed by atoms with Crippen LogP contribution >= 0.6 is 15.9 Å². The number of hydrogen-bond acceptors (Lipinski definition) is 6. The van der Waals surface area contributed by atoms with Crippen LogP contribution in [-0.2, 0) is 10.0 Å². The molecule has 0 saturated heterocycles. The highest BCUT2D eigenvalue weighted by atomic mass is 79.9. The normalized spacial score (nSPS) is 17.7. The molecule has 0 spiro atoms. The molecule has 4 aromatic rings. The van der Waals surface area contributed by atoms with E-state index in [0.29, 0.717) is 32.2 Å². The van der Waals surface area contributed by atoms with Gasteiger partial charge in [0.15, 0.2) is 17.2 Å². The fourth-order valence-electron chi connectivity index (χ4n) is 4.38. The fourth-order valence-corrected chi connectivity index (χ4v) is 6.51. The highest BCUT2D eigenvalue weighted by Crippen LogP contribution is 2.43. The van der Waals surface area contributed by atoms with Crippen molar-refractivity contribution in [3.63, 3.8) is 0 Å². The largest absolute Gasteiger partial charge is 0.454 e. The van der Waals surface area contributed by atoms with Crippen molar-refractivity contribution in [1.29, 1.82) is 0 Å². The first kappa shape index (κ1) is 25.8. The fraction of sp³-hybridized carbons (Fsp3) is 0.148. The predicted molar refractivity (Wildman–Crippen MR) is 146 cm³/mol. The molecule has 2 heterocycles. The smallest absolute Gasteiger partial charge is 0.270 e. The Morgan fingerprint density at radius 3 is 2.63 bits per heavy atom. The lowest BCUT2D eigenvalue weighted by Gasteiger charge is -2.33. The second kappa shape index (κ2) is 9.48. The number of pyridine rings is 1. The van der Waals surface area contributed by atoms with Gasteiger partial charge in [-0.15, -0.1) is 0 Å². The zero-order valence-corrected chi connectivity index (χ0v) is 22.7. The van der Waals surface area contributed by atoms with Crippen molar-refractivity contribution in [1.82, 2.24) is 8.96 Å². The van der Waals surface area contributed by atoms with Crippen LogP contribution in [0.2, 0.25) is 0 Å². The van der Waals surface area contributed by atoms with Crippen LogP contribution in [0, 0.1) is 15.9 Å². The SMILES string of the molecule is CC1=CC(c2cc([N+](=O)[O-])ccc2Oc2ccc(Br)cc2F)=CCC1(C)S(=O)(=O)n1ccc2cccnc21. The molecule has 1 atom stereocenters. The number of nitro benzene ring substituents is 1. The maximum atomic E-state index is 14.5. The topological polar surface area (TPSA) is 104 Å². The van der Waals surface area contributed by atoms with Crippen LogP contribution in [0.15, 0.2) is 89.2 Å². The van der Waals surface area contributed by atoms with Crippen LogP contribution in [0.1, 0.15) is 25.8 Å². The number of nitrogens with zero attached hydrogens (tertiary/aromatic N) is 3. The molecule has 0 bridgehead atoms. The van der Waals surface area contributed by atoms with E-state index in [4.69, 9.17) is 4.74 Å². The van der Waals surface area contributed by atoms with Crippen molar-refractivity contribution < 1.29 is 22.5 Å². The van der Waals surface area contributed by atoms with Gasteiger partial charge in [0, 0.05) is 39.9 Å². The Morgan fingerprint density at radius 2 is 1.92 bits per heavy atom. The Balaban J connectivity index is 1.56. The van der Waals surface area contributed by atoms with E-state index in [9.17, 15) is 22.9 Å². The molecule has 5 rings (SSSR count). The van der Waals surface area contributed by atoms with Gasteiger partial charge in [0.05, 0.1) is 4.92 Å². The third-order valence-electron chi connectivity index (χ3n) is 6.76. The summed E-state index contributed by atoms with van der Waals surface area (Å²) in [4.78, 5) is 15.2. The molecule has 0 amide bonds. The van der Waals surface area contributed by atoms with Crippen molar-refractivity contribution >= 4 is 48.2 Å². The molecular weight excluding hydrogens is 577 g/mol. The van der Waals surface area contributed by atoms with Gasteiger partial charge in [0.2, 0.25) is 10.0 Å². The van der Waals surface area contributed by atoms with Crippen molar-refractivity contribution in [3.8, 4) is 11.5 Å².